The Bertz CT molecular complexity index is 953. The van der Waals surface area contributed by atoms with Crippen LogP contribution in [0.4, 0.5) is 15.9 Å². The molecule has 0 unspecified atom stereocenters. The maximum atomic E-state index is 14.1. The van der Waals surface area contributed by atoms with E-state index in [-0.39, 0.29) is 5.82 Å². The molecule has 0 atom stereocenters. The fraction of sp³-hybridized carbons (Fsp3) is 0.273. The van der Waals surface area contributed by atoms with Gasteiger partial charge in [0.15, 0.2) is 0 Å². The molecule has 0 saturated carbocycles. The molecular formula is C22H23FN4O. The van der Waals surface area contributed by atoms with Crippen molar-refractivity contribution in [2.24, 2.45) is 0 Å². The van der Waals surface area contributed by atoms with Crippen LogP contribution in [0.5, 0.6) is 5.75 Å². The minimum Gasteiger partial charge on any atom is -0.497 e. The van der Waals surface area contributed by atoms with E-state index >= 15 is 0 Å². The molecule has 6 heteroatoms. The first-order valence-electron chi connectivity index (χ1n) is 9.38. The quantitative estimate of drug-likeness (QED) is 0.688. The molecule has 2 heterocycles. The molecule has 144 valence electrons. The fourth-order valence-corrected chi connectivity index (χ4v) is 3.51. The highest BCUT2D eigenvalue weighted by Gasteiger charge is 2.21. The normalized spacial score (nSPS) is 14.2. The maximum Gasteiger partial charge on any atom is 0.146 e. The van der Waals surface area contributed by atoms with Crippen LogP contribution in [0.2, 0.25) is 0 Å². The van der Waals surface area contributed by atoms with Gasteiger partial charge in [0.05, 0.1) is 18.5 Å². The molecule has 2 aromatic carbocycles. The minimum absolute atomic E-state index is 0.171. The number of ether oxygens (including phenoxy) is 1. The van der Waals surface area contributed by atoms with Gasteiger partial charge in [0.25, 0.3) is 0 Å². The summed E-state index contributed by atoms with van der Waals surface area (Å²) in [5.74, 6) is 2.29. The first-order valence-corrected chi connectivity index (χ1v) is 9.38. The van der Waals surface area contributed by atoms with Gasteiger partial charge < -0.3 is 14.5 Å². The zero-order chi connectivity index (χ0) is 19.5. The number of halogens is 1. The molecule has 0 radical (unpaired) electrons. The largest absolute Gasteiger partial charge is 0.497 e. The van der Waals surface area contributed by atoms with E-state index in [1.807, 2.05) is 49.4 Å². The topological polar surface area (TPSA) is 41.5 Å². The lowest BCUT2D eigenvalue weighted by atomic mass is 10.1. The van der Waals surface area contributed by atoms with Crippen LogP contribution in [0.1, 0.15) is 5.82 Å². The van der Waals surface area contributed by atoms with Gasteiger partial charge in [0, 0.05) is 37.8 Å². The van der Waals surface area contributed by atoms with E-state index in [4.69, 9.17) is 4.74 Å². The van der Waals surface area contributed by atoms with Crippen molar-refractivity contribution >= 4 is 11.5 Å². The van der Waals surface area contributed by atoms with Crippen LogP contribution < -0.4 is 14.5 Å². The molecule has 1 fully saturated rings. The third kappa shape index (κ3) is 3.76. The van der Waals surface area contributed by atoms with E-state index < -0.39 is 0 Å². The van der Waals surface area contributed by atoms with Crippen LogP contribution in [0, 0.1) is 12.7 Å². The van der Waals surface area contributed by atoms with E-state index in [2.05, 4.69) is 19.8 Å². The van der Waals surface area contributed by atoms with Gasteiger partial charge in [0.1, 0.15) is 23.2 Å². The molecule has 0 spiro atoms. The number of aryl methyl sites for hydroxylation is 1. The van der Waals surface area contributed by atoms with E-state index in [1.165, 1.54) is 6.07 Å². The summed E-state index contributed by atoms with van der Waals surface area (Å²) < 4.78 is 19.3. The number of hydrogen-bond acceptors (Lipinski definition) is 5. The Kier molecular flexibility index (Phi) is 5.10. The molecule has 0 amide bonds. The molecule has 28 heavy (non-hydrogen) atoms. The molecule has 4 rings (SSSR count). The van der Waals surface area contributed by atoms with Crippen molar-refractivity contribution in [3.05, 3.63) is 66.2 Å². The number of methoxy groups -OCH3 is 1. The lowest BCUT2D eigenvalue weighted by Gasteiger charge is -2.37. The third-order valence-corrected chi connectivity index (χ3v) is 5.01. The van der Waals surface area contributed by atoms with Gasteiger partial charge in [-0.15, -0.1) is 0 Å². The van der Waals surface area contributed by atoms with E-state index in [1.54, 1.807) is 13.2 Å². The van der Waals surface area contributed by atoms with Crippen LogP contribution in [-0.2, 0) is 0 Å². The molecule has 3 aromatic rings. The summed E-state index contributed by atoms with van der Waals surface area (Å²) in [5.41, 5.74) is 2.58. The number of aromatic nitrogens is 2. The molecule has 0 aliphatic carbocycles. The van der Waals surface area contributed by atoms with Crippen molar-refractivity contribution in [1.82, 2.24) is 9.97 Å². The first-order chi connectivity index (χ1) is 13.6. The molecule has 1 aliphatic rings. The van der Waals surface area contributed by atoms with Crippen molar-refractivity contribution in [3.8, 4) is 17.0 Å². The van der Waals surface area contributed by atoms with Crippen LogP contribution in [-0.4, -0.2) is 43.3 Å². The molecule has 1 saturated heterocycles. The Labute approximate surface area is 164 Å². The highest BCUT2D eigenvalue weighted by atomic mass is 19.1. The first kappa shape index (κ1) is 18.2. The number of piperazine rings is 1. The maximum absolute atomic E-state index is 14.1. The van der Waals surface area contributed by atoms with Crippen molar-refractivity contribution in [2.45, 2.75) is 6.92 Å². The minimum atomic E-state index is -0.171. The highest BCUT2D eigenvalue weighted by Crippen LogP contribution is 2.26. The number of benzene rings is 2. The Morgan fingerprint density at radius 2 is 1.57 bits per heavy atom. The van der Waals surface area contributed by atoms with Crippen molar-refractivity contribution in [1.29, 1.82) is 0 Å². The van der Waals surface area contributed by atoms with E-state index in [9.17, 15) is 4.39 Å². The summed E-state index contributed by atoms with van der Waals surface area (Å²) in [6.07, 6.45) is 0. The van der Waals surface area contributed by atoms with Crippen LogP contribution in [0.25, 0.3) is 11.3 Å². The van der Waals surface area contributed by atoms with Crippen molar-refractivity contribution in [3.63, 3.8) is 0 Å². The Balaban J connectivity index is 1.52. The number of rotatable bonds is 4. The molecule has 1 aromatic heterocycles. The van der Waals surface area contributed by atoms with Crippen molar-refractivity contribution in [2.75, 3.05) is 43.1 Å². The summed E-state index contributed by atoms with van der Waals surface area (Å²) in [5, 5.41) is 0. The fourth-order valence-electron chi connectivity index (χ4n) is 3.51. The Hall–Kier alpha value is -3.15. The predicted molar refractivity (Wildman–Crippen MR) is 110 cm³/mol. The Morgan fingerprint density at radius 1 is 0.893 bits per heavy atom. The third-order valence-electron chi connectivity index (χ3n) is 5.01. The molecule has 0 bridgehead atoms. The summed E-state index contributed by atoms with van der Waals surface area (Å²) in [7, 11) is 1.66. The lowest BCUT2D eigenvalue weighted by molar-refractivity contribution is 0.415. The van der Waals surface area contributed by atoms with E-state index in [0.717, 1.165) is 54.8 Å². The smallest absolute Gasteiger partial charge is 0.146 e. The second-order valence-electron chi connectivity index (χ2n) is 6.81. The molecular weight excluding hydrogens is 355 g/mol. The Morgan fingerprint density at radius 3 is 2.25 bits per heavy atom. The van der Waals surface area contributed by atoms with Crippen molar-refractivity contribution < 1.29 is 9.13 Å². The van der Waals surface area contributed by atoms with Gasteiger partial charge in [-0.3, -0.25) is 0 Å². The van der Waals surface area contributed by atoms with Gasteiger partial charge in [0.2, 0.25) is 0 Å². The number of anilines is 2. The van der Waals surface area contributed by atoms with Crippen LogP contribution >= 0.6 is 0 Å². The molecule has 5 nitrogen and oxygen atoms in total. The molecule has 1 aliphatic heterocycles. The summed E-state index contributed by atoms with van der Waals surface area (Å²) in [6.45, 7) is 4.98. The van der Waals surface area contributed by atoms with Crippen LogP contribution in [0.3, 0.4) is 0 Å². The predicted octanol–water partition coefficient (Wildman–Crippen LogP) is 3.93. The highest BCUT2D eigenvalue weighted by molar-refractivity contribution is 5.64. The molecule has 0 N–H and O–H groups in total. The van der Waals surface area contributed by atoms with Gasteiger partial charge >= 0.3 is 0 Å². The summed E-state index contributed by atoms with van der Waals surface area (Å²) in [4.78, 5) is 13.5. The standard InChI is InChI=1S/C22H23FN4O/c1-16-24-20(17-7-9-18(28-2)10-8-17)15-22(25-16)27-13-11-26(12-14-27)21-6-4-3-5-19(21)23/h3-10,15H,11-14H2,1-2H3. The summed E-state index contributed by atoms with van der Waals surface area (Å²) >= 11 is 0. The average Bonchev–Trinajstić information content (AvgIpc) is 2.74. The second kappa shape index (κ2) is 7.84. The SMILES string of the molecule is COc1ccc(-c2cc(N3CCN(c4ccccc4F)CC3)nc(C)n2)cc1. The monoisotopic (exact) mass is 378 g/mol. The second-order valence-corrected chi connectivity index (χ2v) is 6.81. The van der Waals surface area contributed by atoms with Gasteiger partial charge in [-0.2, -0.15) is 0 Å². The zero-order valence-corrected chi connectivity index (χ0v) is 16.1. The lowest BCUT2D eigenvalue weighted by Crippen LogP contribution is -2.47. The van der Waals surface area contributed by atoms with Crippen LogP contribution in [0.15, 0.2) is 54.6 Å². The van der Waals surface area contributed by atoms with Gasteiger partial charge in [-0.1, -0.05) is 12.1 Å². The number of hydrogen-bond donors (Lipinski definition) is 0. The average molecular weight is 378 g/mol. The number of para-hydroxylation sites is 1. The van der Waals surface area contributed by atoms with Gasteiger partial charge in [-0.05, 0) is 43.3 Å². The number of nitrogens with zero attached hydrogens (tertiary/aromatic N) is 4. The van der Waals surface area contributed by atoms with Gasteiger partial charge in [-0.25, -0.2) is 14.4 Å². The summed E-state index contributed by atoms with van der Waals surface area (Å²) in [6, 6.07) is 16.8. The zero-order valence-electron chi connectivity index (χ0n) is 16.1. The van der Waals surface area contributed by atoms with E-state index in [0.29, 0.717) is 5.69 Å².